The van der Waals surface area contributed by atoms with Crippen LogP contribution < -0.4 is 19.8 Å². The van der Waals surface area contributed by atoms with Crippen LogP contribution in [0.1, 0.15) is 66.4 Å². The number of nitrogens with zero attached hydrogens (tertiary/aromatic N) is 5. The van der Waals surface area contributed by atoms with E-state index in [9.17, 15) is 0 Å². The number of hydrogen-bond acceptors (Lipinski definition) is 9. The molecule has 2 aliphatic heterocycles. The lowest BCUT2D eigenvalue weighted by Gasteiger charge is -2.26. The molecule has 1 aromatic carbocycles. The van der Waals surface area contributed by atoms with Crippen molar-refractivity contribution in [2.24, 2.45) is 5.10 Å². The van der Waals surface area contributed by atoms with Crippen LogP contribution in [0.15, 0.2) is 35.4 Å². The minimum absolute atomic E-state index is 0.373. The van der Waals surface area contributed by atoms with Gasteiger partial charge >= 0.3 is 6.01 Å². The Hall–Kier alpha value is -2.91. The zero-order valence-electron chi connectivity index (χ0n) is 24.3. The molecular formula is C29H48N6O3. The molecule has 9 heteroatoms. The zero-order valence-corrected chi connectivity index (χ0v) is 24.3. The van der Waals surface area contributed by atoms with Crippen molar-refractivity contribution in [2.45, 2.75) is 60.8 Å². The second-order valence-electron chi connectivity index (χ2n) is 8.45. The van der Waals surface area contributed by atoms with Crippen LogP contribution in [0.4, 0.5) is 11.6 Å². The second-order valence-corrected chi connectivity index (χ2v) is 8.45. The smallest absolute Gasteiger partial charge is 0.320 e. The summed E-state index contributed by atoms with van der Waals surface area (Å²) in [5.41, 5.74) is 5.13. The molecule has 1 fully saturated rings. The number of ether oxygens (including phenoxy) is 3. The highest BCUT2D eigenvalue weighted by Crippen LogP contribution is 2.25. The van der Waals surface area contributed by atoms with Gasteiger partial charge < -0.3 is 19.1 Å². The average Bonchev–Trinajstić information content (AvgIpc) is 2.98. The van der Waals surface area contributed by atoms with Crippen molar-refractivity contribution in [2.75, 3.05) is 69.5 Å². The number of morpholine rings is 1. The second kappa shape index (κ2) is 18.4. The molecule has 1 aromatic heterocycles. The summed E-state index contributed by atoms with van der Waals surface area (Å²) in [5, 5.41) is 4.68. The molecule has 0 aliphatic carbocycles. The Morgan fingerprint density at radius 2 is 1.71 bits per heavy atom. The topological polar surface area (TPSA) is 84.3 Å². The molecule has 1 N–H and O–H groups in total. The van der Waals surface area contributed by atoms with Gasteiger partial charge in [-0.15, -0.1) is 0 Å². The molecule has 0 saturated carbocycles. The van der Waals surface area contributed by atoms with Crippen LogP contribution in [0.5, 0.6) is 11.8 Å². The molecule has 0 unspecified atom stereocenters. The summed E-state index contributed by atoms with van der Waals surface area (Å²) in [4.78, 5) is 13.9. The molecular weight excluding hydrogens is 480 g/mol. The van der Waals surface area contributed by atoms with E-state index < -0.39 is 0 Å². The minimum Gasteiger partial charge on any atom is -0.492 e. The van der Waals surface area contributed by atoms with Crippen molar-refractivity contribution in [1.29, 1.82) is 0 Å². The first-order chi connectivity index (χ1) is 18.8. The number of fused-ring (bicyclic) bond motifs is 1. The molecule has 0 radical (unpaired) electrons. The number of nitrogens with one attached hydrogen (secondary N) is 1. The van der Waals surface area contributed by atoms with Gasteiger partial charge in [-0.25, -0.2) is 0 Å². The fourth-order valence-corrected chi connectivity index (χ4v) is 4.13. The summed E-state index contributed by atoms with van der Waals surface area (Å²) >= 11 is 0. The lowest BCUT2D eigenvalue weighted by atomic mass is 10.0. The minimum atomic E-state index is 0.373. The van der Waals surface area contributed by atoms with Crippen molar-refractivity contribution in [3.63, 3.8) is 0 Å². The Morgan fingerprint density at radius 3 is 2.42 bits per heavy atom. The maximum atomic E-state index is 6.00. The number of rotatable bonds is 11. The Bertz CT molecular complexity index is 944. The Morgan fingerprint density at radius 1 is 1.00 bits per heavy atom. The summed E-state index contributed by atoms with van der Waals surface area (Å²) in [6.45, 7) is 19.6. The van der Waals surface area contributed by atoms with Crippen LogP contribution in [-0.4, -0.2) is 79.7 Å². The third kappa shape index (κ3) is 9.76. The molecule has 3 heterocycles. The zero-order chi connectivity index (χ0) is 27.6. The van der Waals surface area contributed by atoms with E-state index in [4.69, 9.17) is 19.2 Å². The maximum absolute atomic E-state index is 6.00. The van der Waals surface area contributed by atoms with Gasteiger partial charge in [0.25, 0.3) is 0 Å². The summed E-state index contributed by atoms with van der Waals surface area (Å²) < 4.78 is 17.2. The fraction of sp³-hybridized carbons (Fsp3) is 0.621. The van der Waals surface area contributed by atoms with Crippen molar-refractivity contribution < 1.29 is 14.2 Å². The highest BCUT2D eigenvalue weighted by atomic mass is 16.5. The third-order valence-electron chi connectivity index (χ3n) is 5.85. The van der Waals surface area contributed by atoms with Crippen LogP contribution in [-0.2, 0) is 4.74 Å². The Balaban J connectivity index is 0.00000121. The maximum Gasteiger partial charge on any atom is 0.320 e. The predicted molar refractivity (Wildman–Crippen MR) is 157 cm³/mol. The summed E-state index contributed by atoms with van der Waals surface area (Å²) in [5.74, 6) is 2.34. The molecule has 212 valence electrons. The summed E-state index contributed by atoms with van der Waals surface area (Å²) in [6, 6.07) is 10.3. The number of hydrogen-bond donors (Lipinski definition) is 1. The monoisotopic (exact) mass is 528 g/mol. The number of hydrazone groups is 1. The molecule has 0 amide bonds. The van der Waals surface area contributed by atoms with Crippen LogP contribution >= 0.6 is 0 Å². The van der Waals surface area contributed by atoms with Crippen LogP contribution in [0.25, 0.3) is 0 Å². The van der Waals surface area contributed by atoms with Gasteiger partial charge in [0.1, 0.15) is 18.2 Å². The van der Waals surface area contributed by atoms with Gasteiger partial charge in [0.15, 0.2) is 5.82 Å². The van der Waals surface area contributed by atoms with E-state index in [1.54, 1.807) is 0 Å². The SMILES string of the molecule is CC.CC.CCCN(CCC)c1cc(N/N=C2\CCOc3ccccc32)nc(OCCN2CCOCC2)n1. The van der Waals surface area contributed by atoms with E-state index in [1.807, 2.05) is 58.0 Å². The number of anilines is 2. The Kier molecular flexibility index (Phi) is 15.1. The molecule has 1 saturated heterocycles. The molecule has 4 rings (SSSR count). The van der Waals surface area contributed by atoms with E-state index in [0.29, 0.717) is 25.0 Å². The number of benzene rings is 1. The van der Waals surface area contributed by atoms with E-state index in [0.717, 1.165) is 88.0 Å². The van der Waals surface area contributed by atoms with Crippen molar-refractivity contribution in [3.05, 3.63) is 35.9 Å². The van der Waals surface area contributed by atoms with Crippen LogP contribution in [0, 0.1) is 0 Å². The first-order valence-electron chi connectivity index (χ1n) is 14.4. The van der Waals surface area contributed by atoms with Crippen molar-refractivity contribution in [3.8, 4) is 11.8 Å². The standard InChI is InChI=1S/C25H36N6O3.2C2H6/c1-3-10-31(11-4-2)24-19-23(26-25(27-24)34-18-14-30-12-16-32-17-13-30)29-28-21-9-15-33-22-8-6-5-7-20(21)22;2*1-2/h5-8,19H,3-4,9-18H2,1-2H3,(H,26,27,29);2*1-2H3/b28-21+;;. The van der Waals surface area contributed by atoms with Crippen molar-refractivity contribution in [1.82, 2.24) is 14.9 Å². The molecule has 0 spiro atoms. The third-order valence-corrected chi connectivity index (χ3v) is 5.85. The van der Waals surface area contributed by atoms with E-state index >= 15 is 0 Å². The fourth-order valence-electron chi connectivity index (χ4n) is 4.13. The predicted octanol–water partition coefficient (Wildman–Crippen LogP) is 5.47. The quantitative estimate of drug-likeness (QED) is 0.385. The summed E-state index contributed by atoms with van der Waals surface area (Å²) in [7, 11) is 0. The normalized spacial score (nSPS) is 15.7. The van der Waals surface area contributed by atoms with Gasteiger partial charge in [-0.3, -0.25) is 10.3 Å². The molecule has 2 aromatic rings. The van der Waals surface area contributed by atoms with Crippen LogP contribution in [0.3, 0.4) is 0 Å². The highest BCUT2D eigenvalue weighted by molar-refractivity contribution is 6.04. The number of aromatic nitrogens is 2. The van der Waals surface area contributed by atoms with Crippen LogP contribution in [0.2, 0.25) is 0 Å². The first-order valence-corrected chi connectivity index (χ1v) is 14.4. The van der Waals surface area contributed by atoms with E-state index in [-0.39, 0.29) is 0 Å². The van der Waals surface area contributed by atoms with Gasteiger partial charge in [0, 0.05) is 50.8 Å². The van der Waals surface area contributed by atoms with Gasteiger partial charge in [-0.2, -0.15) is 15.1 Å². The van der Waals surface area contributed by atoms with E-state index in [1.165, 1.54) is 0 Å². The lowest BCUT2D eigenvalue weighted by molar-refractivity contribution is 0.0317. The Labute approximate surface area is 229 Å². The van der Waals surface area contributed by atoms with E-state index in [2.05, 4.69) is 39.2 Å². The van der Waals surface area contributed by atoms with Crippen molar-refractivity contribution >= 4 is 17.3 Å². The van der Waals surface area contributed by atoms with Gasteiger partial charge in [0.05, 0.1) is 25.5 Å². The molecule has 2 aliphatic rings. The largest absolute Gasteiger partial charge is 0.492 e. The molecule has 9 nitrogen and oxygen atoms in total. The summed E-state index contributed by atoms with van der Waals surface area (Å²) in [6.07, 6.45) is 2.82. The van der Waals surface area contributed by atoms with Gasteiger partial charge in [-0.05, 0) is 25.0 Å². The molecule has 0 atom stereocenters. The highest BCUT2D eigenvalue weighted by Gasteiger charge is 2.17. The average molecular weight is 529 g/mol. The number of para-hydroxylation sites is 1. The molecule has 38 heavy (non-hydrogen) atoms. The van der Waals surface area contributed by atoms with Gasteiger partial charge in [0.2, 0.25) is 0 Å². The first kappa shape index (κ1) is 31.3. The lowest BCUT2D eigenvalue weighted by Crippen LogP contribution is -2.38. The van der Waals surface area contributed by atoms with Gasteiger partial charge in [-0.1, -0.05) is 53.7 Å². The molecule has 0 bridgehead atoms.